The van der Waals surface area contributed by atoms with Gasteiger partial charge in [0.2, 0.25) is 0 Å². The highest BCUT2D eigenvalue weighted by atomic mass is 15.0. The summed E-state index contributed by atoms with van der Waals surface area (Å²) in [6.45, 7) is 7.12. The van der Waals surface area contributed by atoms with Crippen LogP contribution < -0.4 is 0 Å². The first-order chi connectivity index (χ1) is 29.1. The highest BCUT2D eigenvalue weighted by Gasteiger charge is 2.53. The van der Waals surface area contributed by atoms with Crippen LogP contribution >= 0.6 is 0 Å². The van der Waals surface area contributed by atoms with Crippen molar-refractivity contribution in [3.05, 3.63) is 228 Å². The number of hydrogen-bond acceptors (Lipinski definition) is 3. The molecule has 2 aliphatic rings. The Hall–Kier alpha value is -7.69. The second-order valence-electron chi connectivity index (χ2n) is 15.6. The molecule has 4 nitrogen and oxygen atoms in total. The molecule has 10 aromatic rings. The van der Waals surface area contributed by atoms with Crippen molar-refractivity contribution in [2.45, 2.75) is 12.3 Å². The third kappa shape index (κ3) is 4.69. The van der Waals surface area contributed by atoms with E-state index in [0.717, 1.165) is 44.3 Å². The molecule has 1 unspecified atom stereocenters. The van der Waals surface area contributed by atoms with Gasteiger partial charge in [0.25, 0.3) is 0 Å². The molecule has 0 radical (unpaired) electrons. The van der Waals surface area contributed by atoms with Gasteiger partial charge in [-0.1, -0.05) is 170 Å². The highest BCUT2D eigenvalue weighted by molar-refractivity contribution is 6.14. The molecule has 3 heterocycles. The lowest BCUT2D eigenvalue weighted by Crippen LogP contribution is -2.35. The zero-order chi connectivity index (χ0) is 39.2. The lowest BCUT2D eigenvalue weighted by molar-refractivity contribution is 0.744. The van der Waals surface area contributed by atoms with Gasteiger partial charge in [-0.3, -0.25) is 0 Å². The smallest absolute Gasteiger partial charge is 0.164 e. The summed E-state index contributed by atoms with van der Waals surface area (Å²) in [6.07, 6.45) is 4.38. The Bertz CT molecular complexity index is 3390. The summed E-state index contributed by atoms with van der Waals surface area (Å²) in [4.78, 5) is 16.0. The van der Waals surface area contributed by atoms with E-state index < -0.39 is 5.41 Å². The minimum atomic E-state index is -0.734. The first-order valence-corrected chi connectivity index (χ1v) is 20.2. The summed E-state index contributed by atoms with van der Waals surface area (Å²) in [5.74, 6) is 1.76. The van der Waals surface area contributed by atoms with Crippen molar-refractivity contribution in [2.24, 2.45) is 0 Å². The molecular weight excluding hydrogens is 717 g/mol. The minimum Gasteiger partial charge on any atom is -0.309 e. The molecule has 0 saturated heterocycles. The van der Waals surface area contributed by atoms with Crippen LogP contribution in [0.25, 0.3) is 83.0 Å². The molecule has 59 heavy (non-hydrogen) atoms. The zero-order valence-electron chi connectivity index (χ0n) is 32.4. The normalized spacial score (nSPS) is 15.5. The van der Waals surface area contributed by atoms with Crippen molar-refractivity contribution in [3.63, 3.8) is 0 Å². The van der Waals surface area contributed by atoms with Crippen molar-refractivity contribution in [1.29, 1.82) is 0 Å². The first kappa shape index (κ1) is 33.4. The summed E-state index contributed by atoms with van der Waals surface area (Å²) >= 11 is 0. The Labute approximate surface area is 341 Å². The number of benzene rings is 8. The van der Waals surface area contributed by atoms with Gasteiger partial charge >= 0.3 is 0 Å². The van der Waals surface area contributed by atoms with E-state index in [1.807, 2.05) is 0 Å². The van der Waals surface area contributed by atoms with E-state index in [1.165, 1.54) is 54.8 Å². The number of rotatable bonds is 5. The summed E-state index contributed by atoms with van der Waals surface area (Å²) in [5.41, 5.74) is 12.4. The molecular formula is C55H36N4. The van der Waals surface area contributed by atoms with Gasteiger partial charge in [0.05, 0.1) is 22.1 Å². The fourth-order valence-electron chi connectivity index (χ4n) is 10.0. The van der Waals surface area contributed by atoms with Crippen molar-refractivity contribution in [3.8, 4) is 28.5 Å². The predicted molar refractivity (Wildman–Crippen MR) is 244 cm³/mol. The molecule has 4 heteroatoms. The topological polar surface area (TPSA) is 43.6 Å². The minimum absolute atomic E-state index is 0.547. The van der Waals surface area contributed by atoms with Crippen molar-refractivity contribution >= 4 is 54.5 Å². The molecule has 2 aromatic heterocycles. The van der Waals surface area contributed by atoms with Crippen LogP contribution in [-0.4, -0.2) is 19.5 Å². The molecule has 0 bridgehead atoms. The maximum atomic E-state index is 5.38. The van der Waals surface area contributed by atoms with Crippen LogP contribution in [0.3, 0.4) is 0 Å². The number of nitrogens with zero attached hydrogens (tertiary/aromatic N) is 4. The van der Waals surface area contributed by atoms with Gasteiger partial charge in [-0.25, -0.2) is 15.0 Å². The fraction of sp³-hybridized carbons (Fsp3) is 0.0364. The van der Waals surface area contributed by atoms with Crippen LogP contribution in [0.15, 0.2) is 200 Å². The molecule has 0 saturated carbocycles. The van der Waals surface area contributed by atoms with E-state index in [4.69, 9.17) is 21.5 Å². The average Bonchev–Trinajstić information content (AvgIpc) is 3.79. The Kier molecular flexibility index (Phi) is 7.18. The third-order valence-electron chi connectivity index (χ3n) is 12.5. The molecule has 276 valence electrons. The molecule has 1 aliphatic carbocycles. The maximum Gasteiger partial charge on any atom is 0.164 e. The second-order valence-corrected chi connectivity index (χ2v) is 15.6. The lowest BCUT2D eigenvalue weighted by atomic mass is 9.63. The Morgan fingerprint density at radius 1 is 0.542 bits per heavy atom. The van der Waals surface area contributed by atoms with Crippen LogP contribution in [0.2, 0.25) is 0 Å². The quantitative estimate of drug-likeness (QED) is 0.176. The van der Waals surface area contributed by atoms with Crippen LogP contribution in [0, 0.1) is 0 Å². The van der Waals surface area contributed by atoms with E-state index in [9.17, 15) is 0 Å². The molecule has 1 atom stereocenters. The summed E-state index contributed by atoms with van der Waals surface area (Å²) < 4.78 is 2.47. The van der Waals surface area contributed by atoms with E-state index in [0.29, 0.717) is 17.5 Å². The lowest BCUT2D eigenvalue weighted by Gasteiger charge is -2.41. The third-order valence-corrected chi connectivity index (χ3v) is 12.5. The Morgan fingerprint density at radius 2 is 1.12 bits per heavy atom. The van der Waals surface area contributed by atoms with E-state index in [1.54, 1.807) is 0 Å². The second kappa shape index (κ2) is 12.7. The van der Waals surface area contributed by atoms with Gasteiger partial charge in [-0.05, 0) is 86.1 Å². The van der Waals surface area contributed by atoms with Gasteiger partial charge < -0.3 is 4.57 Å². The fourth-order valence-corrected chi connectivity index (χ4v) is 10.0. The van der Waals surface area contributed by atoms with Gasteiger partial charge in [-0.15, -0.1) is 0 Å². The number of allylic oxidation sites excluding steroid dienone is 5. The molecule has 0 N–H and O–H groups in total. The summed E-state index contributed by atoms with van der Waals surface area (Å²) in [5, 5.41) is 7.05. The van der Waals surface area contributed by atoms with Gasteiger partial charge in [0.1, 0.15) is 0 Å². The molecule has 0 amide bonds. The number of hydrogen-bond donors (Lipinski definition) is 0. The molecule has 12 rings (SSSR count). The summed E-state index contributed by atoms with van der Waals surface area (Å²) in [7, 11) is 0. The molecule has 8 aromatic carbocycles. The molecule has 1 aliphatic heterocycles. The standard InChI is InChI=1S/C55H36N4/c1-3-15-43-41-20-8-10-23-45(41)55(46-24-11-13-27-49(46)59-48-26-12-9-21-42(48)44-22-14-25-47(55)51(44)59)50(43)34(2)52-56-53(39-30-28-35-16-4-6-18-37(35)32-39)58-54(57-52)40-31-29-36-17-5-7-19-38(36)33-40/h3-33H,2H2,1H3/b15-3-. The van der Waals surface area contributed by atoms with E-state index >= 15 is 0 Å². The van der Waals surface area contributed by atoms with E-state index in [-0.39, 0.29) is 0 Å². The maximum absolute atomic E-state index is 5.38. The molecule has 0 fully saturated rings. The monoisotopic (exact) mass is 752 g/mol. The van der Waals surface area contributed by atoms with Crippen LogP contribution in [0.5, 0.6) is 0 Å². The van der Waals surface area contributed by atoms with Gasteiger partial charge in [0, 0.05) is 27.5 Å². The van der Waals surface area contributed by atoms with Crippen LogP contribution in [0.4, 0.5) is 0 Å². The SMILES string of the molecule is C=C(C1=C(/C=C\C)c2ccccc2C12c1ccccc1-n1c3ccccc3c3cccc2c31)c1nc(-c2ccc3ccccc3c2)nc(-c2ccc3ccccc3c2)n1. The van der Waals surface area contributed by atoms with Crippen molar-refractivity contribution < 1.29 is 0 Å². The van der Waals surface area contributed by atoms with Crippen molar-refractivity contribution in [1.82, 2.24) is 19.5 Å². The van der Waals surface area contributed by atoms with Crippen LogP contribution in [0.1, 0.15) is 35.0 Å². The average molecular weight is 753 g/mol. The number of fused-ring (bicyclic) bond motifs is 11. The van der Waals surface area contributed by atoms with Crippen molar-refractivity contribution in [2.75, 3.05) is 0 Å². The predicted octanol–water partition coefficient (Wildman–Crippen LogP) is 13.3. The zero-order valence-corrected chi connectivity index (χ0v) is 32.4. The number of aromatic nitrogens is 4. The molecule has 1 spiro atoms. The number of para-hydroxylation sites is 3. The Balaban J connectivity index is 1.17. The highest BCUT2D eigenvalue weighted by Crippen LogP contribution is 2.62. The van der Waals surface area contributed by atoms with Crippen LogP contribution in [-0.2, 0) is 5.41 Å². The van der Waals surface area contributed by atoms with E-state index in [2.05, 4.69) is 200 Å². The largest absolute Gasteiger partial charge is 0.309 e. The van der Waals surface area contributed by atoms with Gasteiger partial charge in [0.15, 0.2) is 17.5 Å². The Morgan fingerprint density at radius 3 is 1.83 bits per heavy atom. The first-order valence-electron chi connectivity index (χ1n) is 20.2. The van der Waals surface area contributed by atoms with Gasteiger partial charge in [-0.2, -0.15) is 0 Å². The summed E-state index contributed by atoms with van der Waals surface area (Å²) in [6, 6.07) is 63.1.